The van der Waals surface area contributed by atoms with E-state index in [2.05, 4.69) is 5.32 Å². The number of nitrogens with one attached hydrogen (secondary N) is 1. The van der Waals surface area contributed by atoms with Crippen LogP contribution in [0.1, 0.15) is 25.0 Å². The highest BCUT2D eigenvalue weighted by molar-refractivity contribution is 8.08. The number of benzene rings is 2. The lowest BCUT2D eigenvalue weighted by molar-refractivity contribution is -0.139. The summed E-state index contributed by atoms with van der Waals surface area (Å²) in [7, 11) is 0. The first-order valence-corrected chi connectivity index (χ1v) is 9.84. The van der Waals surface area contributed by atoms with Gasteiger partial charge in [-0.15, -0.1) is 0 Å². The van der Waals surface area contributed by atoms with Crippen LogP contribution in [0.15, 0.2) is 64.0 Å². The van der Waals surface area contributed by atoms with Crippen molar-refractivity contribution < 1.29 is 19.4 Å². The van der Waals surface area contributed by atoms with Crippen molar-refractivity contribution in [2.75, 3.05) is 11.9 Å². The van der Waals surface area contributed by atoms with Gasteiger partial charge in [0.2, 0.25) is 5.78 Å². The Morgan fingerprint density at radius 2 is 1.93 bits per heavy atom. The van der Waals surface area contributed by atoms with Gasteiger partial charge in [0.1, 0.15) is 11.3 Å². The number of anilines is 1. The lowest BCUT2D eigenvalue weighted by Gasteiger charge is -2.08. The second-order valence-corrected chi connectivity index (χ2v) is 7.15. The van der Waals surface area contributed by atoms with Crippen LogP contribution in [0.3, 0.4) is 0 Å². The van der Waals surface area contributed by atoms with Gasteiger partial charge in [0, 0.05) is 5.69 Å². The number of Topliss-reactive ketones (excluding diaryl/α,β-unsaturated/α-hetero) is 1. The number of para-hydroxylation sites is 1. The summed E-state index contributed by atoms with van der Waals surface area (Å²) in [4.78, 5) is 25.6. The number of carbonyl (C=O) groups is 2. The molecule has 0 atom stereocenters. The molecule has 1 aliphatic rings. The molecule has 0 saturated carbocycles. The molecule has 0 unspecified atom stereocenters. The van der Waals surface area contributed by atoms with Crippen molar-refractivity contribution in [2.24, 2.45) is 0 Å². The number of hydrogen-bond donors (Lipinski definition) is 2. The number of phenols is 1. The summed E-state index contributed by atoms with van der Waals surface area (Å²) < 4.78 is 5.07. The smallest absolute Gasteiger partial charge is 0.344 e. The van der Waals surface area contributed by atoms with E-state index < -0.39 is 5.97 Å². The number of aromatic hydroxyl groups is 1. The fourth-order valence-corrected chi connectivity index (χ4v) is 3.84. The van der Waals surface area contributed by atoms with Crippen molar-refractivity contribution in [3.05, 3.63) is 75.2 Å². The fourth-order valence-electron chi connectivity index (χ4n) is 2.78. The Hall–Kier alpha value is -2.99. The standard InChI is InChI=1S/C22H21NO4S/c1-3-15-11-10-14(12-17(15)24)13-18-20(25)19(22(26)27-4-2)21(28-18)23-16-8-6-5-7-9-16/h5-13,23-24H,3-4H2,1-2H3/b18-13-. The van der Waals surface area contributed by atoms with Gasteiger partial charge in [-0.3, -0.25) is 4.79 Å². The topological polar surface area (TPSA) is 75.6 Å². The quantitative estimate of drug-likeness (QED) is 0.426. The molecule has 0 fully saturated rings. The SMILES string of the molecule is CCOC(=O)C1=C(Nc2ccccc2)S/C(=C\c2ccc(CC)c(O)c2)C1=O. The number of allylic oxidation sites excluding steroid dienone is 1. The molecule has 2 aromatic carbocycles. The van der Waals surface area contributed by atoms with Crippen molar-refractivity contribution in [3.8, 4) is 5.75 Å². The average Bonchev–Trinajstić information content (AvgIpc) is 2.98. The Bertz CT molecular complexity index is 964. The Labute approximate surface area is 168 Å². The number of thioether (sulfide) groups is 1. The molecule has 0 amide bonds. The third-order valence-electron chi connectivity index (χ3n) is 4.19. The zero-order chi connectivity index (χ0) is 20.1. The molecule has 0 bridgehead atoms. The van der Waals surface area contributed by atoms with E-state index in [9.17, 15) is 14.7 Å². The highest BCUT2D eigenvalue weighted by atomic mass is 32.2. The largest absolute Gasteiger partial charge is 0.508 e. The van der Waals surface area contributed by atoms with E-state index in [1.165, 1.54) is 11.8 Å². The van der Waals surface area contributed by atoms with E-state index in [1.807, 2.05) is 49.4 Å². The molecule has 2 N–H and O–H groups in total. The number of phenolic OH excluding ortho intramolecular Hbond substituents is 1. The van der Waals surface area contributed by atoms with Crippen molar-refractivity contribution in [2.45, 2.75) is 20.3 Å². The molecule has 144 valence electrons. The van der Waals surface area contributed by atoms with Crippen LogP contribution >= 0.6 is 11.8 Å². The van der Waals surface area contributed by atoms with Crippen LogP contribution in [0.25, 0.3) is 6.08 Å². The zero-order valence-corrected chi connectivity index (χ0v) is 16.5. The van der Waals surface area contributed by atoms with Crippen LogP contribution in [0.5, 0.6) is 5.75 Å². The highest BCUT2D eigenvalue weighted by Gasteiger charge is 2.35. The van der Waals surface area contributed by atoms with E-state index in [-0.39, 0.29) is 23.7 Å². The van der Waals surface area contributed by atoms with Gasteiger partial charge in [-0.2, -0.15) is 0 Å². The van der Waals surface area contributed by atoms with Crippen LogP contribution in [-0.4, -0.2) is 23.5 Å². The van der Waals surface area contributed by atoms with E-state index in [1.54, 1.807) is 19.1 Å². The number of ether oxygens (including phenoxy) is 1. The molecule has 2 aromatic rings. The van der Waals surface area contributed by atoms with Crippen LogP contribution < -0.4 is 5.32 Å². The zero-order valence-electron chi connectivity index (χ0n) is 15.7. The van der Waals surface area contributed by atoms with Gasteiger partial charge in [-0.05, 0) is 48.7 Å². The van der Waals surface area contributed by atoms with Crippen molar-refractivity contribution in [1.29, 1.82) is 0 Å². The number of esters is 1. The molecule has 5 nitrogen and oxygen atoms in total. The molecule has 0 saturated heterocycles. The van der Waals surface area contributed by atoms with Crippen molar-refractivity contribution >= 4 is 35.3 Å². The van der Waals surface area contributed by atoms with Crippen LogP contribution in [0.4, 0.5) is 5.69 Å². The molecule has 0 spiro atoms. The summed E-state index contributed by atoms with van der Waals surface area (Å²) in [5.74, 6) is -0.847. The second kappa shape index (κ2) is 8.80. The molecular formula is C22H21NO4S. The summed E-state index contributed by atoms with van der Waals surface area (Å²) in [5, 5.41) is 13.6. The average molecular weight is 395 g/mol. The van der Waals surface area contributed by atoms with Crippen LogP contribution in [0, 0.1) is 0 Å². The van der Waals surface area contributed by atoms with Gasteiger partial charge in [0.15, 0.2) is 0 Å². The summed E-state index contributed by atoms with van der Waals surface area (Å²) in [5.41, 5.74) is 2.29. The summed E-state index contributed by atoms with van der Waals surface area (Å²) >= 11 is 1.18. The number of ketones is 1. The predicted molar refractivity (Wildman–Crippen MR) is 112 cm³/mol. The van der Waals surface area contributed by atoms with Gasteiger partial charge in [-0.25, -0.2) is 4.79 Å². The summed E-state index contributed by atoms with van der Waals surface area (Å²) in [6, 6.07) is 14.6. The molecule has 3 rings (SSSR count). The monoisotopic (exact) mass is 395 g/mol. The lowest BCUT2D eigenvalue weighted by atomic mass is 10.1. The van der Waals surface area contributed by atoms with Crippen molar-refractivity contribution in [3.63, 3.8) is 0 Å². The third kappa shape index (κ3) is 4.28. The molecule has 1 aliphatic heterocycles. The first-order valence-electron chi connectivity index (χ1n) is 9.03. The van der Waals surface area contributed by atoms with Crippen molar-refractivity contribution in [1.82, 2.24) is 0 Å². The minimum atomic E-state index is -0.647. The van der Waals surface area contributed by atoms with E-state index in [0.717, 1.165) is 17.7 Å². The number of hydrogen-bond acceptors (Lipinski definition) is 6. The molecule has 6 heteroatoms. The van der Waals surface area contributed by atoms with E-state index in [0.29, 0.717) is 15.5 Å². The molecule has 0 aromatic heterocycles. The van der Waals surface area contributed by atoms with E-state index >= 15 is 0 Å². The minimum absolute atomic E-state index is 0.00338. The molecule has 0 aliphatic carbocycles. The maximum absolute atomic E-state index is 12.9. The Morgan fingerprint density at radius 3 is 2.57 bits per heavy atom. The molecule has 1 heterocycles. The van der Waals surface area contributed by atoms with Crippen LogP contribution in [0.2, 0.25) is 0 Å². The number of rotatable bonds is 6. The fraction of sp³-hybridized carbons (Fsp3) is 0.182. The second-order valence-electron chi connectivity index (χ2n) is 6.10. The molecular weight excluding hydrogens is 374 g/mol. The summed E-state index contributed by atoms with van der Waals surface area (Å²) in [6.07, 6.45) is 2.39. The van der Waals surface area contributed by atoms with E-state index in [4.69, 9.17) is 4.74 Å². The first-order chi connectivity index (χ1) is 13.5. The third-order valence-corrected chi connectivity index (χ3v) is 5.22. The number of aryl methyl sites for hydroxylation is 1. The van der Waals surface area contributed by atoms with Gasteiger partial charge in [0.25, 0.3) is 0 Å². The Balaban J connectivity index is 1.93. The Morgan fingerprint density at radius 1 is 1.18 bits per heavy atom. The molecule has 28 heavy (non-hydrogen) atoms. The predicted octanol–water partition coefficient (Wildman–Crippen LogP) is 4.50. The van der Waals surface area contributed by atoms with Crippen LogP contribution in [-0.2, 0) is 20.7 Å². The highest BCUT2D eigenvalue weighted by Crippen LogP contribution is 2.40. The minimum Gasteiger partial charge on any atom is -0.508 e. The normalized spacial score (nSPS) is 15.2. The number of carbonyl (C=O) groups excluding carboxylic acids is 2. The first kappa shape index (κ1) is 19.8. The lowest BCUT2D eigenvalue weighted by Crippen LogP contribution is -2.16. The van der Waals surface area contributed by atoms with Gasteiger partial charge >= 0.3 is 5.97 Å². The van der Waals surface area contributed by atoms with Gasteiger partial charge < -0.3 is 15.2 Å². The summed E-state index contributed by atoms with van der Waals surface area (Å²) in [6.45, 7) is 3.84. The van der Waals surface area contributed by atoms with Gasteiger partial charge in [-0.1, -0.05) is 49.0 Å². The maximum atomic E-state index is 12.9. The maximum Gasteiger partial charge on any atom is 0.344 e. The molecule has 0 radical (unpaired) electrons. The van der Waals surface area contributed by atoms with Gasteiger partial charge in [0.05, 0.1) is 16.5 Å². The Kier molecular flexibility index (Phi) is 6.21.